The summed E-state index contributed by atoms with van der Waals surface area (Å²) in [5.74, 6) is -3.03. The van der Waals surface area contributed by atoms with Crippen molar-refractivity contribution in [2.24, 2.45) is 0 Å². The van der Waals surface area contributed by atoms with Crippen LogP contribution in [0.15, 0.2) is 30.3 Å². The van der Waals surface area contributed by atoms with Crippen LogP contribution in [-0.4, -0.2) is 42.9 Å². The van der Waals surface area contributed by atoms with Gasteiger partial charge in [-0.25, -0.2) is 0 Å². The Hall–Kier alpha value is -1.49. The predicted molar refractivity (Wildman–Crippen MR) is 63.8 cm³/mol. The summed E-state index contributed by atoms with van der Waals surface area (Å²) in [6, 6.07) is 7.25. The van der Waals surface area contributed by atoms with Crippen LogP contribution >= 0.6 is 0 Å². The monoisotopic (exact) mass is 310 g/mol. The van der Waals surface area contributed by atoms with E-state index in [9.17, 15) is 21.6 Å². The van der Waals surface area contributed by atoms with E-state index in [4.69, 9.17) is 9.11 Å². The molecule has 0 radical (unpaired) electrons. The Kier molecular flexibility index (Phi) is 4.63. The largest absolute Gasteiger partial charge is 0.425 e. The van der Waals surface area contributed by atoms with Gasteiger partial charge in [0.05, 0.1) is 0 Å². The van der Waals surface area contributed by atoms with Gasteiger partial charge in [-0.2, -0.15) is 16.8 Å². The first-order valence-electron chi connectivity index (χ1n) is 4.78. The lowest BCUT2D eigenvalue weighted by molar-refractivity contribution is -0.133. The van der Waals surface area contributed by atoms with Crippen molar-refractivity contribution < 1.29 is 35.5 Å². The molecule has 1 aromatic rings. The fourth-order valence-electron chi connectivity index (χ4n) is 1.14. The van der Waals surface area contributed by atoms with E-state index in [1.165, 1.54) is 24.3 Å². The van der Waals surface area contributed by atoms with E-state index in [0.29, 0.717) is 0 Å². The van der Waals surface area contributed by atoms with Gasteiger partial charge in [0.2, 0.25) is 0 Å². The zero-order valence-electron chi connectivity index (χ0n) is 9.33. The Labute approximate surface area is 109 Å². The molecule has 2 N–H and O–H groups in total. The van der Waals surface area contributed by atoms with Gasteiger partial charge in [-0.3, -0.25) is 13.9 Å². The van der Waals surface area contributed by atoms with Crippen molar-refractivity contribution in [2.75, 3.05) is 5.75 Å². The first-order chi connectivity index (χ1) is 8.59. The zero-order valence-corrected chi connectivity index (χ0v) is 11.0. The van der Waals surface area contributed by atoms with E-state index < -0.39 is 37.2 Å². The van der Waals surface area contributed by atoms with Crippen molar-refractivity contribution >= 4 is 26.2 Å². The van der Waals surface area contributed by atoms with Crippen LogP contribution < -0.4 is 4.74 Å². The number of rotatable bonds is 5. The molecule has 19 heavy (non-hydrogen) atoms. The van der Waals surface area contributed by atoms with Crippen molar-refractivity contribution in [2.45, 2.75) is 5.25 Å². The summed E-state index contributed by atoms with van der Waals surface area (Å²) in [5, 5.41) is -2.41. The summed E-state index contributed by atoms with van der Waals surface area (Å²) in [5.41, 5.74) is 0. The molecule has 0 aliphatic rings. The average Bonchev–Trinajstić information content (AvgIpc) is 2.24. The summed E-state index contributed by atoms with van der Waals surface area (Å²) < 4.78 is 65.0. The van der Waals surface area contributed by atoms with Gasteiger partial charge in [0.15, 0.2) is 5.25 Å². The van der Waals surface area contributed by atoms with Crippen LogP contribution in [0.4, 0.5) is 0 Å². The van der Waals surface area contributed by atoms with Gasteiger partial charge in [0, 0.05) is 0 Å². The van der Waals surface area contributed by atoms with Gasteiger partial charge in [0.1, 0.15) is 11.5 Å². The lowest BCUT2D eigenvalue weighted by Crippen LogP contribution is -2.39. The molecular formula is C9H10O8S2. The number of para-hydroxylation sites is 1. The summed E-state index contributed by atoms with van der Waals surface area (Å²) in [6.45, 7) is 0. The highest BCUT2D eigenvalue weighted by atomic mass is 32.2. The van der Waals surface area contributed by atoms with Crippen LogP contribution in [0.25, 0.3) is 0 Å². The molecule has 0 saturated carbocycles. The number of carbonyl (C=O) groups excluding carboxylic acids is 1. The highest BCUT2D eigenvalue weighted by Gasteiger charge is 2.37. The van der Waals surface area contributed by atoms with Crippen molar-refractivity contribution in [3.63, 3.8) is 0 Å². The molecular weight excluding hydrogens is 300 g/mol. The summed E-state index contributed by atoms with van der Waals surface area (Å²) in [6.07, 6.45) is 0. The molecule has 0 aliphatic heterocycles. The predicted octanol–water partition coefficient (Wildman–Crippen LogP) is -0.264. The molecule has 10 heteroatoms. The van der Waals surface area contributed by atoms with E-state index in [0.717, 1.165) is 0 Å². The van der Waals surface area contributed by atoms with E-state index in [-0.39, 0.29) is 5.75 Å². The van der Waals surface area contributed by atoms with Crippen molar-refractivity contribution in [3.05, 3.63) is 30.3 Å². The number of hydrogen-bond donors (Lipinski definition) is 2. The minimum atomic E-state index is -5.03. The molecule has 1 rings (SSSR count). The number of benzene rings is 1. The second-order valence-electron chi connectivity index (χ2n) is 3.49. The Morgan fingerprint density at radius 1 is 1.11 bits per heavy atom. The van der Waals surface area contributed by atoms with Crippen molar-refractivity contribution in [1.82, 2.24) is 0 Å². The number of esters is 1. The maximum absolute atomic E-state index is 11.5. The molecule has 0 heterocycles. The van der Waals surface area contributed by atoms with Gasteiger partial charge in [-0.1, -0.05) is 18.2 Å². The molecule has 0 saturated heterocycles. The fourth-order valence-corrected chi connectivity index (χ4v) is 3.15. The Balaban J connectivity index is 2.97. The number of ether oxygens (including phenoxy) is 1. The van der Waals surface area contributed by atoms with Crippen LogP contribution in [0.2, 0.25) is 0 Å². The second kappa shape index (κ2) is 5.65. The van der Waals surface area contributed by atoms with Crippen molar-refractivity contribution in [3.8, 4) is 5.75 Å². The summed E-state index contributed by atoms with van der Waals surface area (Å²) in [4.78, 5) is 11.5. The molecule has 0 aromatic heterocycles. The molecule has 0 fully saturated rings. The molecule has 8 nitrogen and oxygen atoms in total. The first kappa shape index (κ1) is 15.6. The average molecular weight is 310 g/mol. The van der Waals surface area contributed by atoms with Crippen LogP contribution in [0.1, 0.15) is 0 Å². The normalized spacial score (nSPS) is 13.8. The topological polar surface area (TPSA) is 135 Å². The Morgan fingerprint density at radius 3 is 2.05 bits per heavy atom. The summed E-state index contributed by atoms with van der Waals surface area (Å²) >= 11 is 0. The van der Waals surface area contributed by atoms with Gasteiger partial charge in [0.25, 0.3) is 20.2 Å². The van der Waals surface area contributed by atoms with Crippen LogP contribution in [0.3, 0.4) is 0 Å². The third-order valence-electron chi connectivity index (χ3n) is 1.95. The molecule has 0 aliphatic carbocycles. The highest BCUT2D eigenvalue weighted by molar-refractivity contribution is 7.90. The van der Waals surface area contributed by atoms with E-state index >= 15 is 0 Å². The van der Waals surface area contributed by atoms with Crippen LogP contribution in [0, 0.1) is 0 Å². The molecule has 0 bridgehead atoms. The lowest BCUT2D eigenvalue weighted by atomic mass is 10.3. The highest BCUT2D eigenvalue weighted by Crippen LogP contribution is 2.12. The third kappa shape index (κ3) is 5.34. The minimum Gasteiger partial charge on any atom is -0.425 e. The third-order valence-corrected chi connectivity index (χ3v) is 3.99. The number of carbonyl (C=O) groups is 1. The Bertz CT molecular complexity index is 647. The SMILES string of the molecule is O=C(Oc1ccccc1)C(CS(=O)(=O)O)S(=O)(=O)O. The molecule has 1 atom stereocenters. The molecule has 0 amide bonds. The maximum Gasteiger partial charge on any atom is 0.333 e. The fraction of sp³-hybridized carbons (Fsp3) is 0.222. The molecule has 1 aromatic carbocycles. The van der Waals surface area contributed by atoms with E-state index in [1.54, 1.807) is 6.07 Å². The van der Waals surface area contributed by atoms with Gasteiger partial charge in [-0.15, -0.1) is 0 Å². The standard InChI is InChI=1S/C9H10O8S2/c10-9(17-7-4-2-1-3-5-7)8(19(14,15)16)6-18(11,12)13/h1-5,8H,6H2,(H,11,12,13)(H,14,15,16). The second-order valence-corrected chi connectivity index (χ2v) is 6.58. The number of hydrogen-bond acceptors (Lipinski definition) is 6. The molecule has 1 unspecified atom stereocenters. The lowest BCUT2D eigenvalue weighted by Gasteiger charge is -2.11. The van der Waals surface area contributed by atoms with Gasteiger partial charge < -0.3 is 4.74 Å². The zero-order chi connectivity index (χ0) is 14.7. The summed E-state index contributed by atoms with van der Waals surface area (Å²) in [7, 11) is -9.81. The smallest absolute Gasteiger partial charge is 0.333 e. The minimum absolute atomic E-state index is 0.0310. The van der Waals surface area contributed by atoms with Crippen LogP contribution in [-0.2, 0) is 25.0 Å². The van der Waals surface area contributed by atoms with E-state index in [2.05, 4.69) is 4.74 Å². The molecule has 106 valence electrons. The van der Waals surface area contributed by atoms with E-state index in [1.807, 2.05) is 0 Å². The quantitative estimate of drug-likeness (QED) is 0.431. The Morgan fingerprint density at radius 2 is 1.63 bits per heavy atom. The van der Waals surface area contributed by atoms with Crippen molar-refractivity contribution in [1.29, 1.82) is 0 Å². The molecule has 0 spiro atoms. The van der Waals surface area contributed by atoms with Gasteiger partial charge >= 0.3 is 5.97 Å². The maximum atomic E-state index is 11.5. The first-order valence-corrected chi connectivity index (χ1v) is 7.89. The van der Waals surface area contributed by atoms with Gasteiger partial charge in [-0.05, 0) is 12.1 Å². The van der Waals surface area contributed by atoms with Crippen LogP contribution in [0.5, 0.6) is 5.75 Å².